The zero-order valence-electron chi connectivity index (χ0n) is 18.2. The number of fused-ring (bicyclic) bond motifs is 1. The van der Waals surface area contributed by atoms with Crippen LogP contribution in [0, 0.1) is 5.82 Å². The maximum absolute atomic E-state index is 14.2. The number of anilines is 1. The first-order chi connectivity index (χ1) is 15.8. The molecule has 0 atom stereocenters. The van der Waals surface area contributed by atoms with Crippen molar-refractivity contribution in [1.82, 2.24) is 14.5 Å². The van der Waals surface area contributed by atoms with E-state index in [2.05, 4.69) is 9.97 Å². The Bertz CT molecular complexity index is 1380. The van der Waals surface area contributed by atoms with Crippen molar-refractivity contribution in [2.45, 2.75) is 37.0 Å². The Balaban J connectivity index is 1.69. The van der Waals surface area contributed by atoms with Crippen molar-refractivity contribution >= 4 is 42.4 Å². The Morgan fingerprint density at radius 1 is 1.21 bits per heavy atom. The van der Waals surface area contributed by atoms with E-state index in [0.29, 0.717) is 29.3 Å². The minimum Gasteiger partial charge on any atom is -0.337 e. The number of aromatic nitrogens is 3. The maximum Gasteiger partial charge on any atom is 0.260 e. The van der Waals surface area contributed by atoms with Crippen molar-refractivity contribution in [3.63, 3.8) is 0 Å². The quantitative estimate of drug-likeness (QED) is 0.365. The summed E-state index contributed by atoms with van der Waals surface area (Å²) >= 11 is 1.22. The number of sulfone groups is 1. The van der Waals surface area contributed by atoms with E-state index in [4.69, 9.17) is 0 Å². The molecule has 10 heteroatoms. The molecule has 33 heavy (non-hydrogen) atoms. The van der Waals surface area contributed by atoms with Crippen LogP contribution in [0.15, 0.2) is 66.1 Å². The maximum atomic E-state index is 14.2. The molecule has 4 rings (SSSR count). The summed E-state index contributed by atoms with van der Waals surface area (Å²) in [6.07, 6.45) is 5.81. The number of rotatable bonds is 8. The summed E-state index contributed by atoms with van der Waals surface area (Å²) in [4.78, 5) is 23.5. The van der Waals surface area contributed by atoms with Crippen molar-refractivity contribution in [2.24, 2.45) is 0 Å². The summed E-state index contributed by atoms with van der Waals surface area (Å²) in [7, 11) is -3.54. The van der Waals surface area contributed by atoms with Crippen LogP contribution in [0.5, 0.6) is 0 Å². The molecule has 172 valence electrons. The summed E-state index contributed by atoms with van der Waals surface area (Å²) in [6.45, 7) is 4.15. The predicted molar refractivity (Wildman–Crippen MR) is 127 cm³/mol. The highest BCUT2D eigenvalue weighted by molar-refractivity contribution is 7.92. The first-order valence-electron chi connectivity index (χ1n) is 10.4. The third-order valence-electron chi connectivity index (χ3n) is 5.22. The lowest BCUT2D eigenvalue weighted by molar-refractivity contribution is 0.0986. The predicted octanol–water partition coefficient (Wildman–Crippen LogP) is 4.55. The third kappa shape index (κ3) is 4.81. The fourth-order valence-corrected chi connectivity index (χ4v) is 5.48. The molecule has 2 heterocycles. The van der Waals surface area contributed by atoms with Crippen LogP contribution < -0.4 is 4.90 Å². The lowest BCUT2D eigenvalue weighted by Crippen LogP contribution is -2.32. The SMILES string of the molecule is CC(C)S(=O)(=O)c1cccc(C(=O)N(CCCn2ccnc2)c2nc3c(F)cccc3s2)c1. The lowest BCUT2D eigenvalue weighted by atomic mass is 10.2. The second kappa shape index (κ2) is 9.40. The van der Waals surface area contributed by atoms with E-state index in [9.17, 15) is 17.6 Å². The number of hydrogen-bond acceptors (Lipinski definition) is 6. The van der Waals surface area contributed by atoms with E-state index in [1.54, 1.807) is 50.6 Å². The minimum atomic E-state index is -3.54. The molecule has 0 fully saturated rings. The number of amides is 1. The standard InChI is InChI=1S/C23H23FN4O3S2/c1-16(2)33(30,31)18-7-3-6-17(14-18)22(29)28(12-5-11-27-13-10-25-15-27)23-26-21-19(24)8-4-9-20(21)32-23/h3-4,6-10,13-16H,5,11-12H2,1-2H3. The lowest BCUT2D eigenvalue weighted by Gasteiger charge is -2.20. The van der Waals surface area contributed by atoms with Crippen LogP contribution in [0.3, 0.4) is 0 Å². The van der Waals surface area contributed by atoms with Gasteiger partial charge in [0.25, 0.3) is 5.91 Å². The van der Waals surface area contributed by atoms with E-state index in [-0.39, 0.29) is 21.9 Å². The van der Waals surface area contributed by atoms with Gasteiger partial charge < -0.3 is 4.57 Å². The number of carbonyl (C=O) groups is 1. The summed E-state index contributed by atoms with van der Waals surface area (Å²) in [5, 5.41) is -0.246. The molecule has 2 aromatic carbocycles. The molecule has 0 radical (unpaired) electrons. The molecule has 4 aromatic rings. The molecule has 0 spiro atoms. The molecule has 2 aromatic heterocycles. The molecule has 1 amide bonds. The van der Waals surface area contributed by atoms with Crippen LogP contribution >= 0.6 is 11.3 Å². The van der Waals surface area contributed by atoms with Crippen LogP contribution in [0.4, 0.5) is 9.52 Å². The number of nitrogens with zero attached hydrogens (tertiary/aromatic N) is 4. The first-order valence-corrected chi connectivity index (χ1v) is 12.8. The number of halogens is 1. The zero-order valence-corrected chi connectivity index (χ0v) is 19.8. The Kier molecular flexibility index (Phi) is 6.57. The number of aryl methyl sites for hydroxylation is 1. The van der Waals surface area contributed by atoms with Gasteiger partial charge in [0.15, 0.2) is 15.0 Å². The van der Waals surface area contributed by atoms with Gasteiger partial charge in [-0.3, -0.25) is 9.69 Å². The molecule has 0 N–H and O–H groups in total. The molecule has 0 saturated heterocycles. The van der Waals surface area contributed by atoms with Gasteiger partial charge in [-0.15, -0.1) is 0 Å². The van der Waals surface area contributed by atoms with Crippen LogP contribution in [0.2, 0.25) is 0 Å². The molecule has 0 aliphatic heterocycles. The third-order valence-corrected chi connectivity index (χ3v) is 8.42. The highest BCUT2D eigenvalue weighted by atomic mass is 32.2. The van der Waals surface area contributed by atoms with E-state index >= 15 is 0 Å². The largest absolute Gasteiger partial charge is 0.337 e. The van der Waals surface area contributed by atoms with Gasteiger partial charge in [-0.05, 0) is 50.6 Å². The van der Waals surface area contributed by atoms with Crippen molar-refractivity contribution < 1.29 is 17.6 Å². The minimum absolute atomic E-state index is 0.0945. The first kappa shape index (κ1) is 23.1. The molecule has 0 bridgehead atoms. The molecule has 7 nitrogen and oxygen atoms in total. The van der Waals surface area contributed by atoms with Crippen LogP contribution in [0.25, 0.3) is 10.2 Å². The normalized spacial score (nSPS) is 11.9. The monoisotopic (exact) mass is 486 g/mol. The molecular weight excluding hydrogens is 463 g/mol. The summed E-state index contributed by atoms with van der Waals surface area (Å²) in [6, 6.07) is 10.7. The number of hydrogen-bond donors (Lipinski definition) is 0. The Morgan fingerprint density at radius 2 is 2.00 bits per heavy atom. The van der Waals surface area contributed by atoms with Crippen molar-refractivity contribution in [3.8, 4) is 0 Å². The second-order valence-electron chi connectivity index (χ2n) is 7.82. The summed E-state index contributed by atoms with van der Waals surface area (Å²) in [5.41, 5.74) is 0.445. The van der Waals surface area contributed by atoms with E-state index in [0.717, 1.165) is 0 Å². The van der Waals surface area contributed by atoms with E-state index in [1.165, 1.54) is 34.4 Å². The van der Waals surface area contributed by atoms with Gasteiger partial charge in [0.05, 0.1) is 21.2 Å². The van der Waals surface area contributed by atoms with Crippen LogP contribution in [-0.4, -0.2) is 40.7 Å². The molecule has 0 aliphatic rings. The summed E-state index contributed by atoms with van der Waals surface area (Å²) < 4.78 is 42.0. The molecule has 0 aliphatic carbocycles. The molecule has 0 saturated carbocycles. The smallest absolute Gasteiger partial charge is 0.260 e. The fraction of sp³-hybridized carbons (Fsp3) is 0.261. The van der Waals surface area contributed by atoms with E-state index in [1.807, 2.05) is 10.8 Å². The van der Waals surface area contributed by atoms with E-state index < -0.39 is 20.9 Å². The fourth-order valence-electron chi connectivity index (χ4n) is 3.37. The van der Waals surface area contributed by atoms with Gasteiger partial charge in [0, 0.05) is 31.0 Å². The van der Waals surface area contributed by atoms with Gasteiger partial charge in [0.2, 0.25) is 0 Å². The van der Waals surface area contributed by atoms with Gasteiger partial charge in [0.1, 0.15) is 11.3 Å². The number of carbonyl (C=O) groups excluding carboxylic acids is 1. The highest BCUT2D eigenvalue weighted by Gasteiger charge is 2.25. The molecule has 0 unspecified atom stereocenters. The van der Waals surface area contributed by atoms with Gasteiger partial charge in [-0.2, -0.15) is 0 Å². The van der Waals surface area contributed by atoms with Crippen LogP contribution in [0.1, 0.15) is 30.6 Å². The number of thiazole rings is 1. The highest BCUT2D eigenvalue weighted by Crippen LogP contribution is 2.31. The topological polar surface area (TPSA) is 85.2 Å². The van der Waals surface area contributed by atoms with Crippen molar-refractivity contribution in [2.75, 3.05) is 11.4 Å². The number of imidazole rings is 1. The van der Waals surface area contributed by atoms with Crippen molar-refractivity contribution in [1.29, 1.82) is 0 Å². The number of para-hydroxylation sites is 1. The molecular formula is C23H23FN4O3S2. The van der Waals surface area contributed by atoms with Crippen LogP contribution in [-0.2, 0) is 16.4 Å². The average Bonchev–Trinajstić information content (AvgIpc) is 3.47. The number of benzene rings is 2. The van der Waals surface area contributed by atoms with Gasteiger partial charge in [-0.25, -0.2) is 22.8 Å². The Labute approximate surface area is 195 Å². The average molecular weight is 487 g/mol. The van der Waals surface area contributed by atoms with Gasteiger partial charge >= 0.3 is 0 Å². The second-order valence-corrected chi connectivity index (χ2v) is 11.3. The Morgan fingerprint density at radius 3 is 2.70 bits per heavy atom. The van der Waals surface area contributed by atoms with Gasteiger partial charge in [-0.1, -0.05) is 23.5 Å². The Hall–Kier alpha value is -3.11. The zero-order chi connectivity index (χ0) is 23.6. The summed E-state index contributed by atoms with van der Waals surface area (Å²) in [5.74, 6) is -0.841. The van der Waals surface area contributed by atoms with Crippen molar-refractivity contribution in [3.05, 3.63) is 72.6 Å².